The first-order valence-corrected chi connectivity index (χ1v) is 8.41. The molecule has 0 radical (unpaired) electrons. The highest BCUT2D eigenvalue weighted by Crippen LogP contribution is 2.42. The average molecular weight is 335 g/mol. The van der Waals surface area contributed by atoms with Gasteiger partial charge in [-0.05, 0) is 17.7 Å². The van der Waals surface area contributed by atoms with E-state index in [9.17, 15) is 20.2 Å². The summed E-state index contributed by atoms with van der Waals surface area (Å²) in [6.07, 6.45) is 0. The molecule has 1 fully saturated rings. The molecule has 2 rings (SSSR count). The second kappa shape index (κ2) is 7.33. The van der Waals surface area contributed by atoms with Crippen LogP contribution >= 0.6 is 23.5 Å². The molecule has 1 aliphatic rings. The molecule has 1 N–H and O–H groups in total. The normalized spacial score (nSPS) is 15.0. The maximum absolute atomic E-state index is 11.5. The molecule has 0 spiro atoms. The molecule has 1 atom stereocenters. The Bertz CT molecular complexity index is 657. The van der Waals surface area contributed by atoms with Gasteiger partial charge in [0.05, 0.1) is 26.8 Å². The number of nitrogens with one attached hydrogen (secondary N) is 1. The highest BCUT2D eigenvalue weighted by molar-refractivity contribution is 8.25. The minimum absolute atomic E-state index is 0.0268. The Morgan fingerprint density at radius 1 is 1.36 bits per heavy atom. The Labute approximate surface area is 136 Å². The first-order chi connectivity index (χ1) is 10.5. The molecule has 0 aromatic heterocycles. The fourth-order valence-corrected chi connectivity index (χ4v) is 4.52. The molecule has 0 aliphatic carbocycles. The van der Waals surface area contributed by atoms with Crippen LogP contribution in [0.5, 0.6) is 0 Å². The average Bonchev–Trinajstić information content (AvgIpc) is 3.01. The van der Waals surface area contributed by atoms with E-state index in [1.165, 1.54) is 19.1 Å². The molecule has 1 amide bonds. The third-order valence-corrected chi connectivity index (χ3v) is 5.71. The predicted molar refractivity (Wildman–Crippen MR) is 87.2 cm³/mol. The monoisotopic (exact) mass is 335 g/mol. The van der Waals surface area contributed by atoms with Gasteiger partial charge in [0.2, 0.25) is 5.91 Å². The topological polar surface area (TPSA) is 96.0 Å². The van der Waals surface area contributed by atoms with Gasteiger partial charge in [0.15, 0.2) is 0 Å². The van der Waals surface area contributed by atoms with Gasteiger partial charge in [0, 0.05) is 30.6 Å². The summed E-state index contributed by atoms with van der Waals surface area (Å²) in [6, 6.07) is 7.48. The number of nitro benzene ring substituents is 1. The zero-order valence-electron chi connectivity index (χ0n) is 11.7. The second-order valence-electron chi connectivity index (χ2n) is 4.49. The van der Waals surface area contributed by atoms with Crippen molar-refractivity contribution >= 4 is 35.1 Å². The molecular formula is C14H13N3O3S2. The number of nitrogens with zero attached hydrogens (tertiary/aromatic N) is 2. The Morgan fingerprint density at radius 2 is 1.95 bits per heavy atom. The molecule has 22 heavy (non-hydrogen) atoms. The van der Waals surface area contributed by atoms with Gasteiger partial charge in [-0.2, -0.15) is 5.26 Å². The lowest BCUT2D eigenvalue weighted by Crippen LogP contribution is -2.27. The van der Waals surface area contributed by atoms with Crippen LogP contribution in [0.1, 0.15) is 18.5 Å². The van der Waals surface area contributed by atoms with Crippen molar-refractivity contribution in [2.45, 2.75) is 13.0 Å². The van der Waals surface area contributed by atoms with E-state index in [0.717, 1.165) is 15.7 Å². The van der Waals surface area contributed by atoms with E-state index < -0.39 is 11.0 Å². The van der Waals surface area contributed by atoms with Crippen molar-refractivity contribution in [3.05, 3.63) is 49.8 Å². The summed E-state index contributed by atoms with van der Waals surface area (Å²) in [7, 11) is 0. The summed E-state index contributed by atoms with van der Waals surface area (Å²) in [5.74, 6) is 1.60. The quantitative estimate of drug-likeness (QED) is 0.516. The number of hydrogen-bond acceptors (Lipinski definition) is 6. The maximum Gasteiger partial charge on any atom is 0.269 e. The van der Waals surface area contributed by atoms with Gasteiger partial charge in [-0.1, -0.05) is 0 Å². The lowest BCUT2D eigenvalue weighted by atomic mass is 10.00. The Morgan fingerprint density at radius 3 is 2.41 bits per heavy atom. The van der Waals surface area contributed by atoms with E-state index in [0.29, 0.717) is 11.1 Å². The zero-order chi connectivity index (χ0) is 16.1. The molecule has 0 saturated carbocycles. The van der Waals surface area contributed by atoms with Crippen LogP contribution in [0.3, 0.4) is 0 Å². The number of benzene rings is 1. The molecular weight excluding hydrogens is 322 g/mol. The third-order valence-electron chi connectivity index (χ3n) is 2.96. The zero-order valence-corrected chi connectivity index (χ0v) is 13.4. The van der Waals surface area contributed by atoms with Gasteiger partial charge in [-0.25, -0.2) is 0 Å². The lowest BCUT2D eigenvalue weighted by molar-refractivity contribution is -0.384. The van der Waals surface area contributed by atoms with Crippen LogP contribution in [0, 0.1) is 21.4 Å². The van der Waals surface area contributed by atoms with Crippen LogP contribution in [-0.2, 0) is 4.79 Å². The van der Waals surface area contributed by atoms with E-state index in [-0.39, 0.29) is 11.6 Å². The summed E-state index contributed by atoms with van der Waals surface area (Å²) in [5.41, 5.74) is 1.11. The Balaban J connectivity index is 2.41. The second-order valence-corrected chi connectivity index (χ2v) is 6.96. The lowest BCUT2D eigenvalue weighted by Gasteiger charge is -2.19. The number of non-ortho nitro benzene ring substituents is 1. The van der Waals surface area contributed by atoms with Crippen LogP contribution in [0.15, 0.2) is 34.1 Å². The van der Waals surface area contributed by atoms with E-state index in [1.807, 2.05) is 0 Å². The molecule has 8 heteroatoms. The van der Waals surface area contributed by atoms with Gasteiger partial charge in [-0.3, -0.25) is 14.9 Å². The molecule has 114 valence electrons. The number of carbonyl (C=O) groups excluding carboxylic acids is 1. The number of amides is 1. The number of thioether (sulfide) groups is 2. The van der Waals surface area contributed by atoms with Crippen molar-refractivity contribution in [3.63, 3.8) is 0 Å². The van der Waals surface area contributed by atoms with E-state index >= 15 is 0 Å². The van der Waals surface area contributed by atoms with Crippen LogP contribution in [0.4, 0.5) is 5.69 Å². The molecule has 1 heterocycles. The predicted octanol–water partition coefficient (Wildman–Crippen LogP) is 2.99. The van der Waals surface area contributed by atoms with Gasteiger partial charge < -0.3 is 5.32 Å². The SMILES string of the molecule is CC(=O)NC(C(C#N)=C1SCCS1)c1ccc([N+](=O)[O-])cc1. The van der Waals surface area contributed by atoms with Crippen LogP contribution < -0.4 is 5.32 Å². The first kappa shape index (κ1) is 16.4. The van der Waals surface area contributed by atoms with Gasteiger partial charge in [0.25, 0.3) is 5.69 Å². The maximum atomic E-state index is 11.5. The van der Waals surface area contributed by atoms with Gasteiger partial charge in [0.1, 0.15) is 0 Å². The third kappa shape index (κ3) is 3.81. The minimum atomic E-state index is -0.587. The molecule has 1 unspecified atom stereocenters. The molecule has 1 aliphatic heterocycles. The van der Waals surface area contributed by atoms with Crippen molar-refractivity contribution in [1.82, 2.24) is 5.32 Å². The molecule has 1 aromatic rings. The molecule has 1 saturated heterocycles. The highest BCUT2D eigenvalue weighted by Gasteiger charge is 2.24. The van der Waals surface area contributed by atoms with Crippen LogP contribution in [0.2, 0.25) is 0 Å². The van der Waals surface area contributed by atoms with Gasteiger partial charge in [-0.15, -0.1) is 23.5 Å². The molecule has 6 nitrogen and oxygen atoms in total. The van der Waals surface area contributed by atoms with E-state index in [4.69, 9.17) is 0 Å². The smallest absolute Gasteiger partial charge is 0.269 e. The summed E-state index contributed by atoms with van der Waals surface area (Å²) < 4.78 is 0.902. The highest BCUT2D eigenvalue weighted by atomic mass is 32.2. The van der Waals surface area contributed by atoms with Crippen molar-refractivity contribution in [1.29, 1.82) is 5.26 Å². The summed E-state index contributed by atoms with van der Waals surface area (Å²) in [5, 5.41) is 23.0. The summed E-state index contributed by atoms with van der Waals surface area (Å²) in [6.45, 7) is 1.38. The number of nitro groups is 1. The van der Waals surface area contributed by atoms with E-state index in [2.05, 4.69) is 11.4 Å². The van der Waals surface area contributed by atoms with Crippen molar-refractivity contribution < 1.29 is 9.72 Å². The number of hydrogen-bond donors (Lipinski definition) is 1. The van der Waals surface area contributed by atoms with Crippen LogP contribution in [-0.4, -0.2) is 22.3 Å². The minimum Gasteiger partial charge on any atom is -0.345 e. The largest absolute Gasteiger partial charge is 0.345 e. The van der Waals surface area contributed by atoms with Crippen LogP contribution in [0.25, 0.3) is 0 Å². The Kier molecular flexibility index (Phi) is 5.46. The van der Waals surface area contributed by atoms with Crippen molar-refractivity contribution in [3.8, 4) is 6.07 Å². The first-order valence-electron chi connectivity index (χ1n) is 6.44. The fourth-order valence-electron chi connectivity index (χ4n) is 2.01. The summed E-state index contributed by atoms with van der Waals surface area (Å²) >= 11 is 3.19. The fraction of sp³-hybridized carbons (Fsp3) is 0.286. The number of carbonyl (C=O) groups is 1. The number of rotatable bonds is 4. The number of nitriles is 1. The summed E-state index contributed by atoms with van der Waals surface area (Å²) in [4.78, 5) is 21.7. The van der Waals surface area contributed by atoms with Crippen molar-refractivity contribution in [2.75, 3.05) is 11.5 Å². The van der Waals surface area contributed by atoms with Crippen molar-refractivity contribution in [2.24, 2.45) is 0 Å². The van der Waals surface area contributed by atoms with Gasteiger partial charge >= 0.3 is 0 Å². The molecule has 1 aromatic carbocycles. The molecule has 0 bridgehead atoms. The van der Waals surface area contributed by atoms with E-state index in [1.54, 1.807) is 35.7 Å². The standard InChI is InChI=1S/C14H13N3O3S2/c1-9(18)16-13(12(8-15)14-21-6-7-22-14)10-2-4-11(5-3-10)17(19)20/h2-5,13H,6-7H2,1H3,(H,16,18). The Hall–Kier alpha value is -1.98.